The molecule has 1 aromatic carbocycles. The summed E-state index contributed by atoms with van der Waals surface area (Å²) in [4.78, 5) is 29.8. The number of carbonyl (C=O) groups excluding carboxylic acids is 2. The van der Waals surface area contributed by atoms with Crippen molar-refractivity contribution in [1.29, 1.82) is 0 Å². The van der Waals surface area contributed by atoms with Gasteiger partial charge in [0.25, 0.3) is 0 Å². The Morgan fingerprint density at radius 2 is 2.30 bits per heavy atom. The van der Waals surface area contributed by atoms with Gasteiger partial charge in [0.1, 0.15) is 6.04 Å². The summed E-state index contributed by atoms with van der Waals surface area (Å²) in [6.45, 7) is 3.04. The third-order valence-electron chi connectivity index (χ3n) is 4.11. The van der Waals surface area contributed by atoms with Gasteiger partial charge < -0.3 is 14.8 Å². The first-order valence-electron chi connectivity index (χ1n) is 7.79. The van der Waals surface area contributed by atoms with Gasteiger partial charge in [-0.1, -0.05) is 12.1 Å². The normalized spacial score (nSPS) is 15.7. The molecule has 0 bridgehead atoms. The number of aromatic nitrogens is 2. The highest BCUT2D eigenvalue weighted by molar-refractivity contribution is 5.95. The van der Waals surface area contributed by atoms with E-state index in [0.29, 0.717) is 13.0 Å². The number of rotatable bonds is 5. The molecule has 1 aliphatic rings. The predicted molar refractivity (Wildman–Crippen MR) is 86.8 cm³/mol. The molecule has 0 saturated carbocycles. The van der Waals surface area contributed by atoms with E-state index in [0.717, 1.165) is 24.2 Å². The Bertz CT molecular complexity index is 696. The maximum absolute atomic E-state index is 12.2. The van der Waals surface area contributed by atoms with Crippen LogP contribution in [0.3, 0.4) is 0 Å². The van der Waals surface area contributed by atoms with Crippen LogP contribution < -0.4 is 10.2 Å². The average molecular weight is 312 g/mol. The number of amides is 2. The van der Waals surface area contributed by atoms with E-state index in [-0.39, 0.29) is 17.9 Å². The van der Waals surface area contributed by atoms with Crippen LogP contribution in [0.1, 0.15) is 31.4 Å². The fourth-order valence-electron chi connectivity index (χ4n) is 2.73. The van der Waals surface area contributed by atoms with Crippen LogP contribution in [-0.4, -0.2) is 27.9 Å². The second-order valence-corrected chi connectivity index (χ2v) is 5.72. The van der Waals surface area contributed by atoms with Crippen LogP contribution in [0.15, 0.2) is 43.0 Å². The molecule has 120 valence electrons. The van der Waals surface area contributed by atoms with E-state index in [1.807, 2.05) is 31.2 Å². The highest BCUT2D eigenvalue weighted by atomic mass is 16.2. The number of imidazole rings is 1. The van der Waals surface area contributed by atoms with Crippen molar-refractivity contribution in [3.8, 4) is 0 Å². The lowest BCUT2D eigenvalue weighted by atomic mass is 10.2. The van der Waals surface area contributed by atoms with Crippen molar-refractivity contribution in [3.05, 3.63) is 48.5 Å². The van der Waals surface area contributed by atoms with Gasteiger partial charge >= 0.3 is 0 Å². The minimum atomic E-state index is -0.305. The smallest absolute Gasteiger partial charge is 0.243 e. The minimum absolute atomic E-state index is 0.0642. The monoisotopic (exact) mass is 312 g/mol. The molecule has 0 aliphatic carbocycles. The number of hydrogen-bond donors (Lipinski definition) is 1. The van der Waals surface area contributed by atoms with Crippen LogP contribution >= 0.6 is 0 Å². The van der Waals surface area contributed by atoms with Gasteiger partial charge in [0.15, 0.2) is 0 Å². The standard InChI is InChI=1S/C17H20N4O2/c1-13(20-9-7-18-12-20)17(23)19-11-14-4-2-5-15(10-14)21-8-3-6-16(21)22/h2,4-5,7,9-10,12-13H,3,6,8,11H2,1H3,(H,19,23). The topological polar surface area (TPSA) is 67.2 Å². The summed E-state index contributed by atoms with van der Waals surface area (Å²) in [7, 11) is 0. The van der Waals surface area contributed by atoms with Crippen LogP contribution in [0.4, 0.5) is 5.69 Å². The van der Waals surface area contributed by atoms with E-state index >= 15 is 0 Å². The lowest BCUT2D eigenvalue weighted by molar-refractivity contribution is -0.124. The predicted octanol–water partition coefficient (Wildman–Crippen LogP) is 1.89. The van der Waals surface area contributed by atoms with Crippen LogP contribution in [0, 0.1) is 0 Å². The van der Waals surface area contributed by atoms with Gasteiger partial charge in [0, 0.05) is 37.6 Å². The summed E-state index contributed by atoms with van der Waals surface area (Å²) >= 11 is 0. The van der Waals surface area contributed by atoms with E-state index in [9.17, 15) is 9.59 Å². The summed E-state index contributed by atoms with van der Waals surface area (Å²) in [6, 6.07) is 7.46. The molecular formula is C17H20N4O2. The fourth-order valence-corrected chi connectivity index (χ4v) is 2.73. The largest absolute Gasteiger partial charge is 0.350 e. The molecule has 23 heavy (non-hydrogen) atoms. The van der Waals surface area contributed by atoms with Gasteiger partial charge in [-0.05, 0) is 31.0 Å². The molecule has 2 heterocycles. The molecule has 1 aromatic heterocycles. The molecule has 1 fully saturated rings. The van der Waals surface area contributed by atoms with Crippen LogP contribution in [0.5, 0.6) is 0 Å². The molecule has 2 amide bonds. The maximum atomic E-state index is 12.2. The Balaban J connectivity index is 1.62. The van der Waals surface area contributed by atoms with Crippen molar-refractivity contribution in [2.24, 2.45) is 0 Å². The molecule has 3 rings (SSSR count). The summed E-state index contributed by atoms with van der Waals surface area (Å²) in [6.07, 6.45) is 6.57. The molecule has 6 nitrogen and oxygen atoms in total. The van der Waals surface area contributed by atoms with Crippen LogP contribution in [0.2, 0.25) is 0 Å². The zero-order valence-electron chi connectivity index (χ0n) is 13.1. The SMILES string of the molecule is CC(C(=O)NCc1cccc(N2CCCC2=O)c1)n1ccnc1. The third kappa shape index (κ3) is 3.41. The molecule has 1 aliphatic heterocycles. The van der Waals surface area contributed by atoms with E-state index in [4.69, 9.17) is 0 Å². The van der Waals surface area contributed by atoms with Crippen molar-refractivity contribution >= 4 is 17.5 Å². The average Bonchev–Trinajstić information content (AvgIpc) is 3.23. The molecular weight excluding hydrogens is 292 g/mol. The first-order valence-corrected chi connectivity index (χ1v) is 7.79. The number of anilines is 1. The highest BCUT2D eigenvalue weighted by Gasteiger charge is 2.21. The molecule has 1 N–H and O–H groups in total. The van der Waals surface area contributed by atoms with Gasteiger partial charge in [0.2, 0.25) is 11.8 Å². The Morgan fingerprint density at radius 1 is 1.43 bits per heavy atom. The molecule has 1 unspecified atom stereocenters. The molecule has 0 radical (unpaired) electrons. The first kappa shape index (κ1) is 15.3. The number of benzene rings is 1. The second-order valence-electron chi connectivity index (χ2n) is 5.72. The van der Waals surface area contributed by atoms with Crippen molar-refractivity contribution < 1.29 is 9.59 Å². The van der Waals surface area contributed by atoms with Crippen molar-refractivity contribution in [2.75, 3.05) is 11.4 Å². The van der Waals surface area contributed by atoms with E-state index in [1.54, 1.807) is 28.2 Å². The maximum Gasteiger partial charge on any atom is 0.243 e. The Labute approximate surface area is 135 Å². The van der Waals surface area contributed by atoms with E-state index in [1.165, 1.54) is 0 Å². The van der Waals surface area contributed by atoms with Crippen LogP contribution in [-0.2, 0) is 16.1 Å². The van der Waals surface area contributed by atoms with Gasteiger partial charge in [-0.3, -0.25) is 9.59 Å². The van der Waals surface area contributed by atoms with Gasteiger partial charge in [-0.15, -0.1) is 0 Å². The van der Waals surface area contributed by atoms with Crippen molar-refractivity contribution in [1.82, 2.24) is 14.9 Å². The number of nitrogens with zero attached hydrogens (tertiary/aromatic N) is 3. The summed E-state index contributed by atoms with van der Waals surface area (Å²) < 4.78 is 1.76. The quantitative estimate of drug-likeness (QED) is 0.917. The lowest BCUT2D eigenvalue weighted by Gasteiger charge is -2.17. The number of nitrogens with one attached hydrogen (secondary N) is 1. The second kappa shape index (κ2) is 6.64. The highest BCUT2D eigenvalue weighted by Crippen LogP contribution is 2.22. The molecule has 2 aromatic rings. The van der Waals surface area contributed by atoms with E-state index < -0.39 is 0 Å². The van der Waals surface area contributed by atoms with E-state index in [2.05, 4.69) is 10.3 Å². The summed E-state index contributed by atoms with van der Waals surface area (Å²) in [5, 5.41) is 2.93. The lowest BCUT2D eigenvalue weighted by Crippen LogP contribution is -2.30. The molecule has 1 saturated heterocycles. The number of carbonyl (C=O) groups is 2. The fraction of sp³-hybridized carbons (Fsp3) is 0.353. The van der Waals surface area contributed by atoms with Crippen LogP contribution in [0.25, 0.3) is 0 Å². The van der Waals surface area contributed by atoms with Gasteiger partial charge in [-0.25, -0.2) is 4.98 Å². The Hall–Kier alpha value is -2.63. The van der Waals surface area contributed by atoms with Crippen molar-refractivity contribution in [3.63, 3.8) is 0 Å². The van der Waals surface area contributed by atoms with Crippen molar-refractivity contribution in [2.45, 2.75) is 32.4 Å². The summed E-state index contributed by atoms with van der Waals surface area (Å²) in [5.74, 6) is 0.102. The number of hydrogen-bond acceptors (Lipinski definition) is 3. The van der Waals surface area contributed by atoms with Gasteiger partial charge in [0.05, 0.1) is 6.33 Å². The summed E-state index contributed by atoms with van der Waals surface area (Å²) in [5.41, 5.74) is 1.88. The van der Waals surface area contributed by atoms with Gasteiger partial charge in [-0.2, -0.15) is 0 Å². The molecule has 6 heteroatoms. The Morgan fingerprint density at radius 3 is 3.00 bits per heavy atom. The molecule has 1 atom stereocenters. The Kier molecular flexibility index (Phi) is 4.41. The molecule has 0 spiro atoms. The third-order valence-corrected chi connectivity index (χ3v) is 4.11. The first-order chi connectivity index (χ1) is 11.1. The zero-order valence-corrected chi connectivity index (χ0v) is 13.1. The zero-order chi connectivity index (χ0) is 16.2. The minimum Gasteiger partial charge on any atom is -0.350 e.